The van der Waals surface area contributed by atoms with Gasteiger partial charge in [-0.15, -0.1) is 0 Å². The highest BCUT2D eigenvalue weighted by atomic mass is 16.1. The van der Waals surface area contributed by atoms with E-state index >= 15 is 0 Å². The molecule has 17 heavy (non-hydrogen) atoms. The van der Waals surface area contributed by atoms with Crippen molar-refractivity contribution < 1.29 is 4.79 Å². The maximum Gasteiger partial charge on any atom is 0.323 e. The topological polar surface area (TPSA) is 91.7 Å². The Bertz CT molecular complexity index is 597. The summed E-state index contributed by atoms with van der Waals surface area (Å²) in [6, 6.07) is 5.14. The summed E-state index contributed by atoms with van der Waals surface area (Å²) in [5.41, 5.74) is 7.19. The number of carbonyl (C=O) groups is 1. The smallest absolute Gasteiger partial charge is 0.323 e. The number of Topliss-reactive ketones (excluding diaryl/α,β-unsaturated/α-hetero) is 1. The van der Waals surface area contributed by atoms with Crippen LogP contribution in [0.1, 0.15) is 23.7 Å². The van der Waals surface area contributed by atoms with Crippen LogP contribution in [0.15, 0.2) is 23.0 Å². The SMILES string of the molecule is CC(CN)CC(=O)c1ccc2[nH]c(=O)[nH]c2c1. The molecule has 0 bridgehead atoms. The Morgan fingerprint density at radius 3 is 2.76 bits per heavy atom. The van der Waals surface area contributed by atoms with Crippen LogP contribution in [0.25, 0.3) is 11.0 Å². The number of rotatable bonds is 4. The second-order valence-corrected chi connectivity index (χ2v) is 4.31. The summed E-state index contributed by atoms with van der Waals surface area (Å²) in [5, 5.41) is 0. The van der Waals surface area contributed by atoms with Crippen molar-refractivity contribution in [3.05, 3.63) is 34.2 Å². The zero-order chi connectivity index (χ0) is 12.4. The molecular formula is C12H15N3O2. The van der Waals surface area contributed by atoms with Gasteiger partial charge in [0.2, 0.25) is 0 Å². The predicted octanol–water partition coefficient (Wildman–Crippen LogP) is 1.02. The molecule has 2 rings (SSSR count). The normalized spacial score (nSPS) is 12.8. The molecule has 5 heteroatoms. The fraction of sp³-hybridized carbons (Fsp3) is 0.333. The van der Waals surface area contributed by atoms with Gasteiger partial charge in [0.05, 0.1) is 11.0 Å². The maximum absolute atomic E-state index is 11.9. The molecule has 90 valence electrons. The highest BCUT2D eigenvalue weighted by molar-refractivity contribution is 5.98. The largest absolute Gasteiger partial charge is 0.330 e. The zero-order valence-corrected chi connectivity index (χ0v) is 9.62. The van der Waals surface area contributed by atoms with Crippen molar-refractivity contribution in [2.75, 3.05) is 6.54 Å². The molecule has 0 saturated carbocycles. The first-order valence-electron chi connectivity index (χ1n) is 5.55. The van der Waals surface area contributed by atoms with Gasteiger partial charge < -0.3 is 15.7 Å². The van der Waals surface area contributed by atoms with Crippen LogP contribution >= 0.6 is 0 Å². The van der Waals surface area contributed by atoms with Crippen molar-refractivity contribution in [2.45, 2.75) is 13.3 Å². The van der Waals surface area contributed by atoms with Crippen molar-refractivity contribution in [3.8, 4) is 0 Å². The summed E-state index contributed by atoms with van der Waals surface area (Å²) < 4.78 is 0. The Morgan fingerprint density at radius 2 is 2.06 bits per heavy atom. The number of imidazole rings is 1. The van der Waals surface area contributed by atoms with E-state index in [2.05, 4.69) is 9.97 Å². The molecule has 1 heterocycles. The lowest BCUT2D eigenvalue weighted by molar-refractivity contribution is 0.0966. The number of nitrogens with one attached hydrogen (secondary N) is 2. The van der Waals surface area contributed by atoms with Crippen molar-refractivity contribution in [3.63, 3.8) is 0 Å². The van der Waals surface area contributed by atoms with Crippen molar-refractivity contribution in [2.24, 2.45) is 11.7 Å². The fourth-order valence-corrected chi connectivity index (χ4v) is 1.72. The molecular weight excluding hydrogens is 218 g/mol. The molecule has 0 saturated heterocycles. The predicted molar refractivity (Wildman–Crippen MR) is 66.1 cm³/mol. The number of H-pyrrole nitrogens is 2. The molecule has 1 atom stereocenters. The first-order chi connectivity index (χ1) is 8.10. The standard InChI is InChI=1S/C12H15N3O2/c1-7(6-13)4-11(16)8-2-3-9-10(5-8)15-12(17)14-9/h2-3,5,7H,4,6,13H2,1H3,(H2,14,15,17). The van der Waals surface area contributed by atoms with Crippen LogP contribution < -0.4 is 11.4 Å². The summed E-state index contributed by atoms with van der Waals surface area (Å²) in [5.74, 6) is 0.218. The highest BCUT2D eigenvalue weighted by Crippen LogP contribution is 2.14. The molecule has 1 aromatic heterocycles. The average Bonchev–Trinajstić information content (AvgIpc) is 2.67. The summed E-state index contributed by atoms with van der Waals surface area (Å²) in [4.78, 5) is 28.3. The third-order valence-corrected chi connectivity index (χ3v) is 2.77. The quantitative estimate of drug-likeness (QED) is 0.688. The fourth-order valence-electron chi connectivity index (χ4n) is 1.72. The second kappa shape index (κ2) is 4.55. The molecule has 0 aliphatic rings. The molecule has 0 aliphatic carbocycles. The third-order valence-electron chi connectivity index (χ3n) is 2.77. The van der Waals surface area contributed by atoms with E-state index in [1.165, 1.54) is 0 Å². The van der Waals surface area contributed by atoms with E-state index in [9.17, 15) is 9.59 Å². The summed E-state index contributed by atoms with van der Waals surface area (Å²) in [6.45, 7) is 2.43. The number of benzene rings is 1. The molecule has 1 aromatic carbocycles. The van der Waals surface area contributed by atoms with E-state index < -0.39 is 0 Å². The van der Waals surface area contributed by atoms with Crippen molar-refractivity contribution in [1.29, 1.82) is 0 Å². The molecule has 4 N–H and O–H groups in total. The van der Waals surface area contributed by atoms with Gasteiger partial charge >= 0.3 is 5.69 Å². The maximum atomic E-state index is 11.9. The highest BCUT2D eigenvalue weighted by Gasteiger charge is 2.11. The number of fused-ring (bicyclic) bond motifs is 1. The lowest BCUT2D eigenvalue weighted by Gasteiger charge is -2.06. The number of hydrogen-bond donors (Lipinski definition) is 3. The number of nitrogens with two attached hydrogens (primary N) is 1. The molecule has 0 spiro atoms. The van der Waals surface area contributed by atoms with Crippen LogP contribution in [-0.2, 0) is 0 Å². The van der Waals surface area contributed by atoms with E-state index in [0.29, 0.717) is 29.6 Å². The lowest BCUT2D eigenvalue weighted by atomic mass is 10.00. The van der Waals surface area contributed by atoms with Gasteiger partial charge in [0.1, 0.15) is 0 Å². The van der Waals surface area contributed by atoms with Crippen molar-refractivity contribution in [1.82, 2.24) is 9.97 Å². The van der Waals surface area contributed by atoms with E-state index in [4.69, 9.17) is 5.73 Å². The van der Waals surface area contributed by atoms with Gasteiger partial charge in [-0.25, -0.2) is 4.79 Å². The molecule has 0 fully saturated rings. The van der Waals surface area contributed by atoms with Crippen LogP contribution in [0.5, 0.6) is 0 Å². The number of carbonyl (C=O) groups excluding carboxylic acids is 1. The minimum Gasteiger partial charge on any atom is -0.330 e. The van der Waals surface area contributed by atoms with Gasteiger partial charge in [-0.2, -0.15) is 0 Å². The number of aromatic amines is 2. The van der Waals surface area contributed by atoms with Crippen LogP contribution in [-0.4, -0.2) is 22.3 Å². The van der Waals surface area contributed by atoms with Gasteiger partial charge in [-0.3, -0.25) is 4.79 Å². The number of aromatic nitrogens is 2. The van der Waals surface area contributed by atoms with E-state index in [0.717, 1.165) is 0 Å². The third kappa shape index (κ3) is 2.45. The van der Waals surface area contributed by atoms with Crippen LogP contribution in [0.3, 0.4) is 0 Å². The van der Waals surface area contributed by atoms with Gasteiger partial charge in [-0.1, -0.05) is 6.92 Å². The monoisotopic (exact) mass is 233 g/mol. The first kappa shape index (κ1) is 11.6. The minimum atomic E-state index is -0.264. The Kier molecular flexibility index (Phi) is 3.10. The van der Waals surface area contributed by atoms with Gasteiger partial charge in [0, 0.05) is 12.0 Å². The van der Waals surface area contributed by atoms with Crippen LogP contribution in [0.4, 0.5) is 0 Å². The Balaban J connectivity index is 2.29. The Morgan fingerprint density at radius 1 is 1.35 bits per heavy atom. The lowest BCUT2D eigenvalue weighted by Crippen LogP contribution is -2.15. The molecule has 0 amide bonds. The second-order valence-electron chi connectivity index (χ2n) is 4.31. The number of hydrogen-bond acceptors (Lipinski definition) is 3. The van der Waals surface area contributed by atoms with E-state index in [1.807, 2.05) is 6.92 Å². The van der Waals surface area contributed by atoms with Gasteiger partial charge in [-0.05, 0) is 30.7 Å². The molecule has 2 aromatic rings. The van der Waals surface area contributed by atoms with Crippen LogP contribution in [0.2, 0.25) is 0 Å². The Hall–Kier alpha value is -1.88. The molecule has 1 unspecified atom stereocenters. The summed E-state index contributed by atoms with van der Waals surface area (Å²) in [6.07, 6.45) is 0.427. The molecule has 5 nitrogen and oxygen atoms in total. The van der Waals surface area contributed by atoms with Crippen LogP contribution in [0, 0.1) is 5.92 Å². The van der Waals surface area contributed by atoms with Gasteiger partial charge in [0.25, 0.3) is 0 Å². The van der Waals surface area contributed by atoms with E-state index in [1.54, 1.807) is 18.2 Å². The first-order valence-corrected chi connectivity index (χ1v) is 5.55. The average molecular weight is 233 g/mol. The summed E-state index contributed by atoms with van der Waals surface area (Å²) >= 11 is 0. The molecule has 0 aliphatic heterocycles. The zero-order valence-electron chi connectivity index (χ0n) is 9.62. The Labute approximate surface area is 98.0 Å². The van der Waals surface area contributed by atoms with Crippen molar-refractivity contribution >= 4 is 16.8 Å². The van der Waals surface area contributed by atoms with E-state index in [-0.39, 0.29) is 17.4 Å². The summed E-state index contributed by atoms with van der Waals surface area (Å²) in [7, 11) is 0. The molecule has 0 radical (unpaired) electrons. The van der Waals surface area contributed by atoms with Gasteiger partial charge in [0.15, 0.2) is 5.78 Å². The minimum absolute atomic E-state index is 0.0481. The number of ketones is 1.